The molecule has 102 valence electrons. The average Bonchev–Trinajstić information content (AvgIpc) is 2.93. The smallest absolute Gasteiger partial charge is 0.128 e. The SMILES string of the molecule is CCCNCc1ccc(N(C)Cc2ccsc2)nc1. The first-order valence-corrected chi connectivity index (χ1v) is 7.61. The number of anilines is 1. The van der Waals surface area contributed by atoms with Crippen LogP contribution in [-0.4, -0.2) is 18.6 Å². The van der Waals surface area contributed by atoms with Crippen LogP contribution in [0.25, 0.3) is 0 Å². The van der Waals surface area contributed by atoms with Crippen LogP contribution in [0.1, 0.15) is 24.5 Å². The van der Waals surface area contributed by atoms with Gasteiger partial charge in [0.15, 0.2) is 0 Å². The van der Waals surface area contributed by atoms with Gasteiger partial charge in [-0.2, -0.15) is 11.3 Å². The molecule has 0 saturated carbocycles. The van der Waals surface area contributed by atoms with Crippen LogP contribution in [0.15, 0.2) is 35.2 Å². The predicted molar refractivity (Wildman–Crippen MR) is 82.7 cm³/mol. The topological polar surface area (TPSA) is 28.2 Å². The lowest BCUT2D eigenvalue weighted by atomic mass is 10.2. The fourth-order valence-corrected chi connectivity index (χ4v) is 2.55. The van der Waals surface area contributed by atoms with Crippen LogP contribution in [0, 0.1) is 0 Å². The van der Waals surface area contributed by atoms with Crippen LogP contribution in [-0.2, 0) is 13.1 Å². The summed E-state index contributed by atoms with van der Waals surface area (Å²) in [6, 6.07) is 6.40. The minimum atomic E-state index is 0.898. The number of nitrogens with one attached hydrogen (secondary N) is 1. The molecule has 19 heavy (non-hydrogen) atoms. The Morgan fingerprint density at radius 2 is 2.16 bits per heavy atom. The number of thiophene rings is 1. The van der Waals surface area contributed by atoms with Crippen molar-refractivity contribution < 1.29 is 0 Å². The van der Waals surface area contributed by atoms with Crippen molar-refractivity contribution in [2.24, 2.45) is 0 Å². The summed E-state index contributed by atoms with van der Waals surface area (Å²) in [6.45, 7) is 5.03. The van der Waals surface area contributed by atoms with Crippen LogP contribution in [0.2, 0.25) is 0 Å². The van der Waals surface area contributed by atoms with Gasteiger partial charge in [-0.25, -0.2) is 4.98 Å². The Balaban J connectivity index is 1.90. The summed E-state index contributed by atoms with van der Waals surface area (Å²) >= 11 is 1.74. The number of pyridine rings is 1. The van der Waals surface area contributed by atoms with Gasteiger partial charge in [0.2, 0.25) is 0 Å². The molecule has 0 fully saturated rings. The Hall–Kier alpha value is -1.39. The second-order valence-corrected chi connectivity index (χ2v) is 5.47. The van der Waals surface area contributed by atoms with Gasteiger partial charge in [0.05, 0.1) is 0 Å². The quantitative estimate of drug-likeness (QED) is 0.786. The van der Waals surface area contributed by atoms with Gasteiger partial charge in [0, 0.05) is 26.3 Å². The van der Waals surface area contributed by atoms with Gasteiger partial charge in [-0.05, 0) is 47.0 Å². The summed E-state index contributed by atoms with van der Waals surface area (Å²) in [5.41, 5.74) is 2.57. The number of aromatic nitrogens is 1. The molecule has 0 amide bonds. The fourth-order valence-electron chi connectivity index (χ4n) is 1.89. The maximum atomic E-state index is 4.53. The molecule has 0 spiro atoms. The molecule has 2 rings (SSSR count). The zero-order valence-electron chi connectivity index (χ0n) is 11.6. The summed E-state index contributed by atoms with van der Waals surface area (Å²) in [7, 11) is 2.08. The Labute approximate surface area is 119 Å². The standard InChI is InChI=1S/C15H21N3S/c1-3-7-16-9-13-4-5-15(17-10-13)18(2)11-14-6-8-19-12-14/h4-6,8,10,12,16H,3,7,9,11H2,1-2H3. The third kappa shape index (κ3) is 4.33. The summed E-state index contributed by atoms with van der Waals surface area (Å²) in [5.74, 6) is 1.02. The van der Waals surface area contributed by atoms with E-state index in [-0.39, 0.29) is 0 Å². The highest BCUT2D eigenvalue weighted by Gasteiger charge is 2.04. The number of hydrogen-bond acceptors (Lipinski definition) is 4. The molecule has 2 aromatic heterocycles. The molecule has 0 aliphatic carbocycles. The maximum absolute atomic E-state index is 4.53. The molecule has 0 aliphatic heterocycles. The second kappa shape index (κ2) is 7.26. The highest BCUT2D eigenvalue weighted by molar-refractivity contribution is 7.07. The van der Waals surface area contributed by atoms with E-state index in [0.717, 1.165) is 31.9 Å². The maximum Gasteiger partial charge on any atom is 0.128 e. The normalized spacial score (nSPS) is 10.6. The van der Waals surface area contributed by atoms with Gasteiger partial charge in [0.25, 0.3) is 0 Å². The Bertz CT molecular complexity index is 465. The second-order valence-electron chi connectivity index (χ2n) is 4.69. The Morgan fingerprint density at radius 3 is 2.79 bits per heavy atom. The molecule has 0 saturated heterocycles. The van der Waals surface area contributed by atoms with E-state index in [9.17, 15) is 0 Å². The first-order chi connectivity index (χ1) is 9.29. The van der Waals surface area contributed by atoms with Crippen molar-refractivity contribution in [3.8, 4) is 0 Å². The van der Waals surface area contributed by atoms with Crippen LogP contribution >= 0.6 is 11.3 Å². The van der Waals surface area contributed by atoms with Gasteiger partial charge in [-0.15, -0.1) is 0 Å². The van der Waals surface area contributed by atoms with E-state index in [0.29, 0.717) is 0 Å². The van der Waals surface area contributed by atoms with E-state index in [4.69, 9.17) is 0 Å². The molecular formula is C15H21N3S. The third-order valence-corrected chi connectivity index (χ3v) is 3.69. The van der Waals surface area contributed by atoms with Crippen molar-refractivity contribution in [2.75, 3.05) is 18.5 Å². The molecule has 4 heteroatoms. The first kappa shape index (κ1) is 14.0. The van der Waals surface area contributed by atoms with Crippen LogP contribution in [0.5, 0.6) is 0 Å². The summed E-state index contributed by atoms with van der Waals surface area (Å²) < 4.78 is 0. The van der Waals surface area contributed by atoms with Crippen molar-refractivity contribution in [1.82, 2.24) is 10.3 Å². The lowest BCUT2D eigenvalue weighted by Crippen LogP contribution is -2.18. The fraction of sp³-hybridized carbons (Fsp3) is 0.400. The minimum absolute atomic E-state index is 0.898. The number of rotatable bonds is 7. The van der Waals surface area contributed by atoms with E-state index in [1.54, 1.807) is 11.3 Å². The molecule has 0 unspecified atom stereocenters. The van der Waals surface area contributed by atoms with Crippen molar-refractivity contribution in [3.63, 3.8) is 0 Å². The van der Waals surface area contributed by atoms with E-state index in [1.165, 1.54) is 11.1 Å². The molecule has 0 bridgehead atoms. The van der Waals surface area contributed by atoms with E-state index < -0.39 is 0 Å². The molecule has 0 radical (unpaired) electrons. The number of hydrogen-bond donors (Lipinski definition) is 1. The van der Waals surface area contributed by atoms with Crippen LogP contribution in [0.4, 0.5) is 5.82 Å². The first-order valence-electron chi connectivity index (χ1n) is 6.67. The molecule has 2 heterocycles. The highest BCUT2D eigenvalue weighted by atomic mass is 32.1. The average molecular weight is 275 g/mol. The minimum Gasteiger partial charge on any atom is -0.355 e. The molecular weight excluding hydrogens is 254 g/mol. The molecule has 3 nitrogen and oxygen atoms in total. The lowest BCUT2D eigenvalue weighted by molar-refractivity contribution is 0.673. The zero-order valence-corrected chi connectivity index (χ0v) is 12.4. The van der Waals surface area contributed by atoms with E-state index >= 15 is 0 Å². The van der Waals surface area contributed by atoms with Gasteiger partial charge in [-0.1, -0.05) is 13.0 Å². The Morgan fingerprint density at radius 1 is 1.26 bits per heavy atom. The van der Waals surface area contributed by atoms with Crippen molar-refractivity contribution in [2.45, 2.75) is 26.4 Å². The summed E-state index contributed by atoms with van der Waals surface area (Å²) in [6.07, 6.45) is 3.12. The molecule has 0 aromatic carbocycles. The van der Waals surface area contributed by atoms with Crippen LogP contribution < -0.4 is 10.2 Å². The highest BCUT2D eigenvalue weighted by Crippen LogP contribution is 2.14. The third-order valence-electron chi connectivity index (χ3n) is 2.96. The number of nitrogens with zero attached hydrogens (tertiary/aromatic N) is 2. The lowest BCUT2D eigenvalue weighted by Gasteiger charge is -2.17. The van der Waals surface area contributed by atoms with Crippen molar-refractivity contribution >= 4 is 17.2 Å². The largest absolute Gasteiger partial charge is 0.355 e. The monoisotopic (exact) mass is 275 g/mol. The predicted octanol–water partition coefficient (Wildman–Crippen LogP) is 3.28. The van der Waals surface area contributed by atoms with Gasteiger partial charge in [-0.3, -0.25) is 0 Å². The van der Waals surface area contributed by atoms with Crippen molar-refractivity contribution in [1.29, 1.82) is 0 Å². The Kier molecular flexibility index (Phi) is 5.36. The van der Waals surface area contributed by atoms with E-state index in [2.05, 4.69) is 58.1 Å². The van der Waals surface area contributed by atoms with Gasteiger partial charge >= 0.3 is 0 Å². The van der Waals surface area contributed by atoms with Crippen LogP contribution in [0.3, 0.4) is 0 Å². The van der Waals surface area contributed by atoms with Crippen molar-refractivity contribution in [3.05, 3.63) is 46.3 Å². The van der Waals surface area contributed by atoms with Gasteiger partial charge < -0.3 is 10.2 Å². The van der Waals surface area contributed by atoms with Gasteiger partial charge in [0.1, 0.15) is 5.82 Å². The molecule has 0 atom stereocenters. The van der Waals surface area contributed by atoms with E-state index in [1.807, 2.05) is 6.20 Å². The zero-order chi connectivity index (χ0) is 13.5. The molecule has 2 aromatic rings. The summed E-state index contributed by atoms with van der Waals surface area (Å²) in [4.78, 5) is 6.70. The molecule has 0 aliphatic rings. The summed E-state index contributed by atoms with van der Waals surface area (Å²) in [5, 5.41) is 7.67. The molecule has 1 N–H and O–H groups in total.